The Kier molecular flexibility index (Phi) is 6.57. The van der Waals surface area contributed by atoms with E-state index < -0.39 is 23.5 Å². The fraction of sp³-hybridized carbons (Fsp3) is 0.381. The summed E-state index contributed by atoms with van der Waals surface area (Å²) in [5.74, 6) is -3.03. The zero-order valence-corrected chi connectivity index (χ0v) is 15.4. The van der Waals surface area contributed by atoms with Gasteiger partial charge >= 0.3 is 6.09 Å². The van der Waals surface area contributed by atoms with Crippen LogP contribution < -0.4 is 5.73 Å². The van der Waals surface area contributed by atoms with Gasteiger partial charge in [-0.25, -0.2) is 18.0 Å². The third kappa shape index (κ3) is 5.04. The Bertz CT molecular complexity index is 809. The second kappa shape index (κ2) is 9.10. The maximum atomic E-state index is 13.8. The number of carbonyl (C=O) groups excluding carboxylic acids is 1. The van der Waals surface area contributed by atoms with Crippen molar-refractivity contribution in [2.75, 3.05) is 13.1 Å². The summed E-state index contributed by atoms with van der Waals surface area (Å²) in [6, 6.07) is 10.4. The highest BCUT2D eigenvalue weighted by Gasteiger charge is 2.28. The van der Waals surface area contributed by atoms with Crippen LogP contribution in [-0.4, -0.2) is 30.1 Å². The van der Waals surface area contributed by atoms with Gasteiger partial charge in [0.05, 0.1) is 0 Å². The Balaban J connectivity index is 1.48. The molecular weight excluding hydrogens is 369 g/mol. The molecule has 0 aliphatic carbocycles. The molecule has 0 saturated carbocycles. The van der Waals surface area contributed by atoms with Crippen molar-refractivity contribution in [1.29, 1.82) is 0 Å². The van der Waals surface area contributed by atoms with Gasteiger partial charge in [0.2, 0.25) is 0 Å². The number of piperidine rings is 1. The predicted molar refractivity (Wildman–Crippen MR) is 98.9 cm³/mol. The number of halogens is 3. The zero-order valence-electron chi connectivity index (χ0n) is 15.4. The van der Waals surface area contributed by atoms with Gasteiger partial charge in [-0.15, -0.1) is 0 Å². The van der Waals surface area contributed by atoms with E-state index in [1.165, 1.54) is 0 Å². The molecule has 2 aromatic carbocycles. The first-order valence-electron chi connectivity index (χ1n) is 9.28. The molecule has 0 bridgehead atoms. The molecule has 1 atom stereocenters. The van der Waals surface area contributed by atoms with Crippen LogP contribution in [0, 0.1) is 23.4 Å². The standard InChI is InChI=1S/C21H23F3N2O2/c22-17-12-19(24)18(23)10-16(17)11-20(25)15-6-8-26(9-7-15)21(27)28-13-14-4-2-1-3-5-14/h1-5,10,12,15,20H,6-9,11,13,25H2/t20-/m1/s1. The van der Waals surface area contributed by atoms with Gasteiger partial charge in [-0.05, 0) is 42.4 Å². The van der Waals surface area contributed by atoms with Gasteiger partial charge in [0.15, 0.2) is 11.6 Å². The Labute approximate surface area is 162 Å². The molecule has 0 radical (unpaired) electrons. The quantitative estimate of drug-likeness (QED) is 0.782. The molecule has 1 aliphatic rings. The molecule has 3 rings (SSSR count). The number of nitrogens with two attached hydrogens (primary N) is 1. The van der Waals surface area contributed by atoms with E-state index in [1.807, 2.05) is 30.3 Å². The van der Waals surface area contributed by atoms with E-state index >= 15 is 0 Å². The summed E-state index contributed by atoms with van der Waals surface area (Å²) in [6.07, 6.45) is 1.04. The maximum Gasteiger partial charge on any atom is 0.410 e. The van der Waals surface area contributed by atoms with E-state index in [2.05, 4.69) is 0 Å². The highest BCUT2D eigenvalue weighted by Crippen LogP contribution is 2.24. The average Bonchev–Trinajstić information content (AvgIpc) is 2.71. The van der Waals surface area contributed by atoms with Crippen LogP contribution in [-0.2, 0) is 17.8 Å². The predicted octanol–water partition coefficient (Wildman–Crippen LogP) is 4.02. The molecule has 0 unspecified atom stereocenters. The number of benzene rings is 2. The van der Waals surface area contributed by atoms with E-state index in [-0.39, 0.29) is 30.6 Å². The number of carbonyl (C=O) groups is 1. The number of rotatable bonds is 5. The SMILES string of the molecule is N[C@H](Cc1cc(F)c(F)cc1F)C1CCN(C(=O)OCc2ccccc2)CC1. The lowest BCUT2D eigenvalue weighted by Gasteiger charge is -2.34. The topological polar surface area (TPSA) is 55.6 Å². The lowest BCUT2D eigenvalue weighted by molar-refractivity contribution is 0.0797. The second-order valence-electron chi connectivity index (χ2n) is 7.09. The first kappa shape index (κ1) is 20.2. The van der Waals surface area contributed by atoms with E-state index in [1.54, 1.807) is 4.90 Å². The monoisotopic (exact) mass is 392 g/mol. The van der Waals surface area contributed by atoms with Crippen molar-refractivity contribution >= 4 is 6.09 Å². The minimum Gasteiger partial charge on any atom is -0.445 e. The van der Waals surface area contributed by atoms with Gasteiger partial charge in [0, 0.05) is 25.2 Å². The fourth-order valence-corrected chi connectivity index (χ4v) is 3.46. The molecule has 28 heavy (non-hydrogen) atoms. The summed E-state index contributed by atoms with van der Waals surface area (Å²) in [7, 11) is 0. The maximum absolute atomic E-state index is 13.8. The number of hydrogen-bond donors (Lipinski definition) is 1. The molecule has 1 saturated heterocycles. The lowest BCUT2D eigenvalue weighted by Crippen LogP contribution is -2.44. The zero-order chi connectivity index (χ0) is 20.1. The molecule has 1 aliphatic heterocycles. The van der Waals surface area contributed by atoms with Crippen LogP contribution in [0.15, 0.2) is 42.5 Å². The highest BCUT2D eigenvalue weighted by molar-refractivity contribution is 5.67. The van der Waals surface area contributed by atoms with Crippen molar-refractivity contribution in [3.8, 4) is 0 Å². The van der Waals surface area contributed by atoms with Crippen molar-refractivity contribution in [1.82, 2.24) is 4.90 Å². The van der Waals surface area contributed by atoms with E-state index in [0.29, 0.717) is 32.0 Å². The smallest absolute Gasteiger partial charge is 0.410 e. The van der Waals surface area contributed by atoms with Gasteiger partial charge in [0.25, 0.3) is 0 Å². The van der Waals surface area contributed by atoms with Gasteiger partial charge in [-0.2, -0.15) is 0 Å². The summed E-state index contributed by atoms with van der Waals surface area (Å²) in [5.41, 5.74) is 7.16. The lowest BCUT2D eigenvalue weighted by atomic mass is 9.86. The van der Waals surface area contributed by atoms with Crippen LogP contribution >= 0.6 is 0 Å². The van der Waals surface area contributed by atoms with Crippen LogP contribution in [0.1, 0.15) is 24.0 Å². The van der Waals surface area contributed by atoms with Crippen molar-refractivity contribution in [3.63, 3.8) is 0 Å². The molecule has 7 heteroatoms. The van der Waals surface area contributed by atoms with Crippen LogP contribution in [0.3, 0.4) is 0 Å². The largest absolute Gasteiger partial charge is 0.445 e. The molecule has 0 aromatic heterocycles. The number of amides is 1. The third-order valence-electron chi connectivity index (χ3n) is 5.15. The van der Waals surface area contributed by atoms with Gasteiger partial charge in [-0.3, -0.25) is 0 Å². The Morgan fingerprint density at radius 1 is 1.07 bits per heavy atom. The third-order valence-corrected chi connectivity index (χ3v) is 5.15. The normalized spacial score (nSPS) is 16.1. The second-order valence-corrected chi connectivity index (χ2v) is 7.09. The molecule has 1 fully saturated rings. The first-order chi connectivity index (χ1) is 13.4. The van der Waals surface area contributed by atoms with E-state index in [0.717, 1.165) is 11.6 Å². The van der Waals surface area contributed by atoms with Gasteiger partial charge < -0.3 is 15.4 Å². The summed E-state index contributed by atoms with van der Waals surface area (Å²) in [5, 5.41) is 0. The number of ether oxygens (including phenoxy) is 1. The van der Waals surface area contributed by atoms with Crippen molar-refractivity contribution in [2.45, 2.75) is 31.9 Å². The van der Waals surface area contributed by atoms with Crippen molar-refractivity contribution in [3.05, 3.63) is 71.0 Å². The molecule has 150 valence electrons. The fourth-order valence-electron chi connectivity index (χ4n) is 3.46. The molecule has 1 amide bonds. The minimum atomic E-state index is -1.21. The number of likely N-dealkylation sites (tertiary alicyclic amines) is 1. The average molecular weight is 392 g/mol. The summed E-state index contributed by atoms with van der Waals surface area (Å²) < 4.78 is 45.5. The molecular formula is C21H23F3N2O2. The Hall–Kier alpha value is -2.54. The molecule has 1 heterocycles. The first-order valence-corrected chi connectivity index (χ1v) is 9.28. The minimum absolute atomic E-state index is 0.0608. The number of hydrogen-bond acceptors (Lipinski definition) is 3. The van der Waals surface area contributed by atoms with E-state index in [4.69, 9.17) is 10.5 Å². The Morgan fingerprint density at radius 3 is 2.39 bits per heavy atom. The Morgan fingerprint density at radius 2 is 1.71 bits per heavy atom. The van der Waals surface area contributed by atoms with Gasteiger partial charge in [0.1, 0.15) is 12.4 Å². The molecule has 2 N–H and O–H groups in total. The molecule has 0 spiro atoms. The van der Waals surface area contributed by atoms with Crippen LogP contribution in [0.5, 0.6) is 0 Å². The molecule has 2 aromatic rings. The number of nitrogens with zero attached hydrogens (tertiary/aromatic N) is 1. The summed E-state index contributed by atoms with van der Waals surface area (Å²) >= 11 is 0. The van der Waals surface area contributed by atoms with Crippen molar-refractivity contribution in [2.24, 2.45) is 11.7 Å². The van der Waals surface area contributed by atoms with Crippen molar-refractivity contribution < 1.29 is 22.7 Å². The van der Waals surface area contributed by atoms with Crippen LogP contribution in [0.4, 0.5) is 18.0 Å². The summed E-state index contributed by atoms with van der Waals surface area (Å²) in [6.45, 7) is 1.20. The van der Waals surface area contributed by atoms with Crippen LogP contribution in [0.2, 0.25) is 0 Å². The summed E-state index contributed by atoms with van der Waals surface area (Å²) in [4.78, 5) is 13.8. The highest BCUT2D eigenvalue weighted by atomic mass is 19.2. The molecule has 4 nitrogen and oxygen atoms in total. The van der Waals surface area contributed by atoms with Crippen LogP contribution in [0.25, 0.3) is 0 Å². The van der Waals surface area contributed by atoms with E-state index in [9.17, 15) is 18.0 Å². The van der Waals surface area contributed by atoms with Gasteiger partial charge in [-0.1, -0.05) is 30.3 Å².